The van der Waals surface area contributed by atoms with Gasteiger partial charge in [-0.2, -0.15) is 18.4 Å². The van der Waals surface area contributed by atoms with E-state index < -0.39 is 46.8 Å². The smallest absolute Gasteiger partial charge is 0.330 e. The fraction of sp³-hybridized carbons (Fsp3) is 0.125. The minimum Gasteiger partial charge on any atom is -0.330 e. The molecule has 0 radical (unpaired) electrons. The molecular formula is C24H18F4N4O2S. The van der Waals surface area contributed by atoms with Crippen LogP contribution >= 0.6 is 12.8 Å². The normalized spacial score (nSPS) is 11.8. The number of amides is 3. The van der Waals surface area contributed by atoms with Crippen molar-refractivity contribution in [2.75, 3.05) is 9.62 Å². The van der Waals surface area contributed by atoms with E-state index in [0.29, 0.717) is 21.5 Å². The Hall–Kier alpha value is -4.04. The Morgan fingerprint density at radius 3 is 2.31 bits per heavy atom. The topological polar surface area (TPSA) is 85.2 Å². The Bertz CT molecular complexity index is 1290. The van der Waals surface area contributed by atoms with Gasteiger partial charge in [-0.15, -0.1) is 0 Å². The molecule has 0 spiro atoms. The number of nitrogens with one attached hydrogen (secondary N) is 2. The van der Waals surface area contributed by atoms with Crippen LogP contribution in [0.15, 0.2) is 66.7 Å². The van der Waals surface area contributed by atoms with Crippen molar-refractivity contribution in [2.45, 2.75) is 19.1 Å². The number of halogens is 4. The van der Waals surface area contributed by atoms with Gasteiger partial charge < -0.3 is 10.6 Å². The number of hydrogen-bond donors (Lipinski definition) is 3. The zero-order valence-electron chi connectivity index (χ0n) is 18.1. The first-order chi connectivity index (χ1) is 16.5. The molecule has 0 bridgehead atoms. The number of anilines is 2. The number of alkyl halides is 3. The molecule has 3 aromatic rings. The molecule has 11 heteroatoms. The number of rotatable bonds is 5. The van der Waals surface area contributed by atoms with Crippen molar-refractivity contribution < 1.29 is 27.2 Å². The summed E-state index contributed by atoms with van der Waals surface area (Å²) >= 11 is 4.02. The largest absolute Gasteiger partial charge is 0.418 e. The summed E-state index contributed by atoms with van der Waals surface area (Å²) in [5, 5.41) is 13.5. The summed E-state index contributed by atoms with van der Waals surface area (Å²) in [6.45, 7) is 1.66. The van der Waals surface area contributed by atoms with Crippen molar-refractivity contribution >= 4 is 36.1 Å². The van der Waals surface area contributed by atoms with Gasteiger partial charge in [0.1, 0.15) is 5.82 Å². The van der Waals surface area contributed by atoms with E-state index in [1.54, 1.807) is 31.2 Å². The first kappa shape index (κ1) is 25.6. The lowest BCUT2D eigenvalue weighted by Gasteiger charge is -2.22. The molecule has 0 aliphatic rings. The van der Waals surface area contributed by atoms with Crippen LogP contribution in [0.5, 0.6) is 0 Å². The lowest BCUT2D eigenvalue weighted by atomic mass is 10.1. The van der Waals surface area contributed by atoms with Crippen molar-refractivity contribution in [3.63, 3.8) is 0 Å². The first-order valence-corrected chi connectivity index (χ1v) is 10.5. The highest BCUT2D eigenvalue weighted by Crippen LogP contribution is 2.38. The van der Waals surface area contributed by atoms with Gasteiger partial charge >= 0.3 is 12.2 Å². The first-order valence-electron chi connectivity index (χ1n) is 10.1. The highest BCUT2D eigenvalue weighted by Gasteiger charge is 2.35. The Balaban J connectivity index is 1.81. The minimum atomic E-state index is -4.89. The van der Waals surface area contributed by atoms with Crippen LogP contribution in [-0.2, 0) is 6.18 Å². The molecule has 0 saturated carbocycles. The number of nitrogens with zero attached hydrogens (tertiary/aromatic N) is 2. The van der Waals surface area contributed by atoms with E-state index in [1.807, 2.05) is 6.07 Å². The number of carbonyl (C=O) groups is 2. The van der Waals surface area contributed by atoms with E-state index in [0.717, 1.165) is 24.3 Å². The highest BCUT2D eigenvalue weighted by atomic mass is 32.1. The van der Waals surface area contributed by atoms with Gasteiger partial charge in [0.15, 0.2) is 0 Å². The lowest BCUT2D eigenvalue weighted by Crippen LogP contribution is -2.35. The quantitative estimate of drug-likeness (QED) is 0.292. The summed E-state index contributed by atoms with van der Waals surface area (Å²) < 4.78 is 55.7. The average Bonchev–Trinajstić information content (AvgIpc) is 2.83. The number of hydrogen-bond acceptors (Lipinski definition) is 4. The third kappa shape index (κ3) is 6.10. The van der Waals surface area contributed by atoms with E-state index in [-0.39, 0.29) is 5.69 Å². The lowest BCUT2D eigenvalue weighted by molar-refractivity contribution is -0.136. The van der Waals surface area contributed by atoms with E-state index in [4.69, 9.17) is 5.26 Å². The molecule has 0 heterocycles. The molecule has 0 aromatic heterocycles. The Labute approximate surface area is 203 Å². The molecule has 0 saturated heterocycles. The van der Waals surface area contributed by atoms with Gasteiger partial charge in [0, 0.05) is 0 Å². The molecule has 3 aromatic carbocycles. The van der Waals surface area contributed by atoms with Crippen LogP contribution in [0, 0.1) is 17.1 Å². The highest BCUT2D eigenvalue weighted by molar-refractivity contribution is 7.82. The summed E-state index contributed by atoms with van der Waals surface area (Å²) in [6.07, 6.45) is -4.89. The van der Waals surface area contributed by atoms with Crippen LogP contribution < -0.4 is 14.9 Å². The van der Waals surface area contributed by atoms with Gasteiger partial charge in [-0.1, -0.05) is 37.1 Å². The van der Waals surface area contributed by atoms with Crippen molar-refractivity contribution in [2.24, 2.45) is 0 Å². The second-order valence-corrected chi connectivity index (χ2v) is 7.78. The third-order valence-corrected chi connectivity index (χ3v) is 5.40. The predicted molar refractivity (Wildman–Crippen MR) is 125 cm³/mol. The molecule has 6 nitrogen and oxygen atoms in total. The van der Waals surface area contributed by atoms with Crippen LogP contribution in [0.25, 0.3) is 0 Å². The van der Waals surface area contributed by atoms with Crippen molar-refractivity contribution in [3.8, 4) is 6.07 Å². The summed E-state index contributed by atoms with van der Waals surface area (Å²) in [6, 6.07) is 14.7. The number of thiol groups is 1. The fourth-order valence-corrected chi connectivity index (χ4v) is 3.32. The third-order valence-electron chi connectivity index (χ3n) is 4.99. The van der Waals surface area contributed by atoms with Crippen molar-refractivity contribution in [1.82, 2.24) is 5.32 Å². The second-order valence-electron chi connectivity index (χ2n) is 7.38. The van der Waals surface area contributed by atoms with Gasteiger partial charge in [0.05, 0.1) is 40.2 Å². The molecule has 2 N–H and O–H groups in total. The second kappa shape index (κ2) is 10.5. The molecule has 1 atom stereocenters. The summed E-state index contributed by atoms with van der Waals surface area (Å²) in [5.41, 5.74) is -1.38. The van der Waals surface area contributed by atoms with Crippen molar-refractivity contribution in [1.29, 1.82) is 5.26 Å². The van der Waals surface area contributed by atoms with Crippen LogP contribution in [0.1, 0.15) is 40.0 Å². The summed E-state index contributed by atoms with van der Waals surface area (Å²) in [5.74, 6) is -1.94. The minimum absolute atomic E-state index is 0.214. The molecule has 180 valence electrons. The van der Waals surface area contributed by atoms with E-state index in [1.165, 1.54) is 12.1 Å². The summed E-state index contributed by atoms with van der Waals surface area (Å²) in [7, 11) is 0. The van der Waals surface area contributed by atoms with Gasteiger partial charge in [0.25, 0.3) is 5.91 Å². The molecule has 3 amide bonds. The molecule has 3 rings (SSSR count). The number of carbonyl (C=O) groups excluding carboxylic acids is 2. The molecule has 1 unspecified atom stereocenters. The molecule has 0 fully saturated rings. The maximum absolute atomic E-state index is 13.8. The van der Waals surface area contributed by atoms with Gasteiger partial charge in [-0.25, -0.2) is 13.5 Å². The molecule has 0 aliphatic carbocycles. The maximum atomic E-state index is 13.8. The number of benzene rings is 3. The van der Waals surface area contributed by atoms with Crippen molar-refractivity contribution in [3.05, 3.63) is 94.8 Å². The fourth-order valence-electron chi connectivity index (χ4n) is 3.14. The Morgan fingerprint density at radius 2 is 1.71 bits per heavy atom. The standard InChI is InChI=1S/C24H18F4N4O2S/c1-14(16-8-6-15(13-29)7-9-16)30-23(34)32(35)17-10-11-21(19(12-17)24(26,27)28)31-22(33)18-4-2-3-5-20(18)25/h2-12,14,35H,1H3,(H,30,34)(H,31,33). The predicted octanol–water partition coefficient (Wildman–Crippen LogP) is 6.09. The SMILES string of the molecule is CC(NC(=O)N(S)c1ccc(NC(=O)c2ccccc2F)c(C(F)(F)F)c1)c1ccc(C#N)cc1. The Morgan fingerprint density at radius 1 is 1.06 bits per heavy atom. The molecular weight excluding hydrogens is 484 g/mol. The maximum Gasteiger partial charge on any atom is 0.418 e. The van der Waals surface area contributed by atoms with E-state index in [2.05, 4.69) is 23.4 Å². The summed E-state index contributed by atoms with van der Waals surface area (Å²) in [4.78, 5) is 24.9. The molecule has 35 heavy (non-hydrogen) atoms. The van der Waals surface area contributed by atoms with Gasteiger partial charge in [-0.05, 0) is 55.0 Å². The number of nitriles is 1. The number of urea groups is 1. The zero-order chi connectivity index (χ0) is 25.8. The van der Waals surface area contributed by atoms with E-state index in [9.17, 15) is 27.2 Å². The zero-order valence-corrected chi connectivity index (χ0v) is 19.0. The van der Waals surface area contributed by atoms with Gasteiger partial charge in [0.2, 0.25) is 0 Å². The monoisotopic (exact) mass is 502 g/mol. The average molecular weight is 502 g/mol. The molecule has 0 aliphatic heterocycles. The van der Waals surface area contributed by atoms with Gasteiger partial charge in [-0.3, -0.25) is 4.79 Å². The van der Waals surface area contributed by atoms with Crippen LogP contribution in [-0.4, -0.2) is 11.9 Å². The van der Waals surface area contributed by atoms with Crippen LogP contribution in [0.2, 0.25) is 0 Å². The van der Waals surface area contributed by atoms with E-state index >= 15 is 0 Å². The van der Waals surface area contributed by atoms with Crippen LogP contribution in [0.4, 0.5) is 33.7 Å². The van der Waals surface area contributed by atoms with Crippen LogP contribution in [0.3, 0.4) is 0 Å². The Kier molecular flexibility index (Phi) is 7.66.